The van der Waals surface area contributed by atoms with Gasteiger partial charge in [-0.25, -0.2) is 0 Å². The molecule has 0 aliphatic heterocycles. The number of nitrogens with one attached hydrogen (secondary N) is 1. The molecule has 0 amide bonds. The van der Waals surface area contributed by atoms with Crippen molar-refractivity contribution in [2.75, 3.05) is 13.7 Å². The molecule has 1 aromatic rings. The van der Waals surface area contributed by atoms with E-state index in [0.29, 0.717) is 6.04 Å². The number of hydrogen-bond donors (Lipinski definition) is 1. The highest BCUT2D eigenvalue weighted by molar-refractivity contribution is 5.30. The second-order valence-electron chi connectivity index (χ2n) is 4.70. The van der Waals surface area contributed by atoms with Gasteiger partial charge in [-0.05, 0) is 49.9 Å². The first-order valence-electron chi connectivity index (χ1n) is 6.17. The SMILES string of the molecule is COc1cccc(C(C)NCC2CCC2)c1. The molecule has 16 heavy (non-hydrogen) atoms. The van der Waals surface area contributed by atoms with Crippen LogP contribution in [0.1, 0.15) is 37.8 Å². The molecule has 0 saturated heterocycles. The second-order valence-corrected chi connectivity index (χ2v) is 4.70. The highest BCUT2D eigenvalue weighted by atomic mass is 16.5. The van der Waals surface area contributed by atoms with Crippen LogP contribution < -0.4 is 10.1 Å². The fraction of sp³-hybridized carbons (Fsp3) is 0.571. The predicted octanol–water partition coefficient (Wildman–Crippen LogP) is 3.15. The van der Waals surface area contributed by atoms with Crippen LogP contribution >= 0.6 is 0 Å². The fourth-order valence-corrected chi connectivity index (χ4v) is 2.07. The van der Waals surface area contributed by atoms with Crippen molar-refractivity contribution in [2.24, 2.45) is 5.92 Å². The van der Waals surface area contributed by atoms with Crippen molar-refractivity contribution in [1.29, 1.82) is 0 Å². The van der Waals surface area contributed by atoms with Crippen molar-refractivity contribution in [1.82, 2.24) is 5.32 Å². The molecule has 88 valence electrons. The number of benzene rings is 1. The van der Waals surface area contributed by atoms with E-state index in [4.69, 9.17) is 4.74 Å². The van der Waals surface area contributed by atoms with E-state index in [2.05, 4.69) is 30.4 Å². The Morgan fingerprint density at radius 1 is 1.44 bits per heavy atom. The smallest absolute Gasteiger partial charge is 0.119 e. The van der Waals surface area contributed by atoms with E-state index >= 15 is 0 Å². The molecular weight excluding hydrogens is 198 g/mol. The van der Waals surface area contributed by atoms with Crippen molar-refractivity contribution in [3.8, 4) is 5.75 Å². The molecule has 0 radical (unpaired) electrons. The molecule has 1 N–H and O–H groups in total. The molecule has 1 aliphatic carbocycles. The zero-order chi connectivity index (χ0) is 11.4. The van der Waals surface area contributed by atoms with E-state index in [1.807, 2.05) is 6.07 Å². The Morgan fingerprint density at radius 2 is 2.25 bits per heavy atom. The summed E-state index contributed by atoms with van der Waals surface area (Å²) in [7, 11) is 1.71. The van der Waals surface area contributed by atoms with Crippen molar-refractivity contribution in [2.45, 2.75) is 32.2 Å². The van der Waals surface area contributed by atoms with E-state index in [1.165, 1.54) is 24.8 Å². The average molecular weight is 219 g/mol. The summed E-state index contributed by atoms with van der Waals surface area (Å²) >= 11 is 0. The van der Waals surface area contributed by atoms with Crippen LogP contribution in [-0.2, 0) is 0 Å². The lowest BCUT2D eigenvalue weighted by atomic mass is 9.85. The molecule has 1 aromatic carbocycles. The molecule has 2 rings (SSSR count). The lowest BCUT2D eigenvalue weighted by Gasteiger charge is -2.27. The van der Waals surface area contributed by atoms with Gasteiger partial charge in [0.25, 0.3) is 0 Å². The minimum Gasteiger partial charge on any atom is -0.497 e. The van der Waals surface area contributed by atoms with Gasteiger partial charge in [-0.15, -0.1) is 0 Å². The van der Waals surface area contributed by atoms with Crippen LogP contribution in [0.3, 0.4) is 0 Å². The first-order valence-corrected chi connectivity index (χ1v) is 6.17. The quantitative estimate of drug-likeness (QED) is 0.821. The Hall–Kier alpha value is -1.02. The van der Waals surface area contributed by atoms with Gasteiger partial charge in [-0.1, -0.05) is 18.6 Å². The van der Waals surface area contributed by atoms with E-state index in [9.17, 15) is 0 Å². The third kappa shape index (κ3) is 2.76. The van der Waals surface area contributed by atoms with Crippen LogP contribution in [-0.4, -0.2) is 13.7 Å². The van der Waals surface area contributed by atoms with E-state index in [0.717, 1.165) is 18.2 Å². The van der Waals surface area contributed by atoms with Gasteiger partial charge in [0, 0.05) is 6.04 Å². The summed E-state index contributed by atoms with van der Waals surface area (Å²) < 4.78 is 5.24. The number of hydrogen-bond acceptors (Lipinski definition) is 2. The molecule has 0 aromatic heterocycles. The molecule has 1 aliphatic rings. The van der Waals surface area contributed by atoms with Crippen LogP contribution in [0, 0.1) is 5.92 Å². The third-order valence-corrected chi connectivity index (χ3v) is 3.53. The highest BCUT2D eigenvalue weighted by Gasteiger charge is 2.17. The fourth-order valence-electron chi connectivity index (χ4n) is 2.07. The zero-order valence-corrected chi connectivity index (χ0v) is 10.2. The Kier molecular flexibility index (Phi) is 3.83. The summed E-state index contributed by atoms with van der Waals surface area (Å²) in [6.45, 7) is 3.37. The second kappa shape index (κ2) is 5.35. The van der Waals surface area contributed by atoms with Gasteiger partial charge in [0.2, 0.25) is 0 Å². The average Bonchev–Trinajstić information content (AvgIpc) is 2.27. The standard InChI is InChI=1S/C14H21NO/c1-11(15-10-12-5-3-6-12)13-7-4-8-14(9-13)16-2/h4,7-9,11-12,15H,3,5-6,10H2,1-2H3. The van der Waals surface area contributed by atoms with Gasteiger partial charge >= 0.3 is 0 Å². The molecule has 0 spiro atoms. The lowest BCUT2D eigenvalue weighted by molar-refractivity contribution is 0.292. The topological polar surface area (TPSA) is 21.3 Å². The summed E-state index contributed by atoms with van der Waals surface area (Å²) in [6, 6.07) is 8.72. The molecule has 0 bridgehead atoms. The first-order chi connectivity index (χ1) is 7.79. The van der Waals surface area contributed by atoms with Crippen LogP contribution in [0.2, 0.25) is 0 Å². The van der Waals surface area contributed by atoms with Gasteiger partial charge in [-0.2, -0.15) is 0 Å². The van der Waals surface area contributed by atoms with Gasteiger partial charge in [-0.3, -0.25) is 0 Å². The largest absolute Gasteiger partial charge is 0.497 e. The Labute approximate surface area is 98.0 Å². The summed E-state index contributed by atoms with van der Waals surface area (Å²) in [4.78, 5) is 0. The van der Waals surface area contributed by atoms with Gasteiger partial charge in [0.1, 0.15) is 5.75 Å². The Morgan fingerprint density at radius 3 is 2.88 bits per heavy atom. The Balaban J connectivity index is 1.88. The van der Waals surface area contributed by atoms with E-state index < -0.39 is 0 Å². The van der Waals surface area contributed by atoms with Crippen LogP contribution in [0.25, 0.3) is 0 Å². The third-order valence-electron chi connectivity index (χ3n) is 3.53. The van der Waals surface area contributed by atoms with Gasteiger partial charge in [0.05, 0.1) is 7.11 Å². The lowest BCUT2D eigenvalue weighted by Crippen LogP contribution is -2.29. The summed E-state index contributed by atoms with van der Waals surface area (Å²) in [5.41, 5.74) is 1.30. The maximum Gasteiger partial charge on any atom is 0.119 e. The minimum atomic E-state index is 0.413. The zero-order valence-electron chi connectivity index (χ0n) is 10.2. The van der Waals surface area contributed by atoms with Crippen LogP contribution in [0.4, 0.5) is 0 Å². The van der Waals surface area contributed by atoms with Crippen molar-refractivity contribution in [3.05, 3.63) is 29.8 Å². The molecule has 0 heterocycles. The van der Waals surface area contributed by atoms with Crippen LogP contribution in [0.5, 0.6) is 5.75 Å². The van der Waals surface area contributed by atoms with Crippen LogP contribution in [0.15, 0.2) is 24.3 Å². The molecular formula is C14H21NO. The molecule has 1 atom stereocenters. The number of ether oxygens (including phenoxy) is 1. The van der Waals surface area contributed by atoms with Crippen molar-refractivity contribution >= 4 is 0 Å². The van der Waals surface area contributed by atoms with Gasteiger partial charge < -0.3 is 10.1 Å². The number of rotatable bonds is 5. The summed E-state index contributed by atoms with van der Waals surface area (Å²) in [5.74, 6) is 1.85. The maximum absolute atomic E-state index is 5.24. The molecule has 1 saturated carbocycles. The number of methoxy groups -OCH3 is 1. The van der Waals surface area contributed by atoms with E-state index in [-0.39, 0.29) is 0 Å². The maximum atomic E-state index is 5.24. The normalized spacial score (nSPS) is 17.9. The first kappa shape index (κ1) is 11.5. The Bertz CT molecular complexity index is 333. The van der Waals surface area contributed by atoms with Crippen molar-refractivity contribution in [3.63, 3.8) is 0 Å². The highest BCUT2D eigenvalue weighted by Crippen LogP contribution is 2.26. The van der Waals surface area contributed by atoms with Gasteiger partial charge in [0.15, 0.2) is 0 Å². The molecule has 2 nitrogen and oxygen atoms in total. The molecule has 1 fully saturated rings. The van der Waals surface area contributed by atoms with E-state index in [1.54, 1.807) is 7.11 Å². The molecule has 2 heteroatoms. The summed E-state index contributed by atoms with van der Waals surface area (Å²) in [5, 5.41) is 3.60. The van der Waals surface area contributed by atoms with Crippen molar-refractivity contribution < 1.29 is 4.74 Å². The minimum absolute atomic E-state index is 0.413. The predicted molar refractivity (Wildman–Crippen MR) is 66.8 cm³/mol. The monoisotopic (exact) mass is 219 g/mol. The summed E-state index contributed by atoms with van der Waals surface area (Å²) in [6.07, 6.45) is 4.22. The molecule has 1 unspecified atom stereocenters.